The van der Waals surface area contributed by atoms with Crippen LogP contribution in [0.3, 0.4) is 0 Å². The summed E-state index contributed by atoms with van der Waals surface area (Å²) >= 11 is 0. The van der Waals surface area contributed by atoms with Crippen molar-refractivity contribution >= 4 is 11.9 Å². The number of anilines is 1. The van der Waals surface area contributed by atoms with Crippen molar-refractivity contribution in [1.29, 1.82) is 0 Å². The van der Waals surface area contributed by atoms with Gasteiger partial charge in [0.25, 0.3) is 5.91 Å². The Morgan fingerprint density at radius 3 is 2.67 bits per heavy atom. The molecule has 3 heterocycles. The van der Waals surface area contributed by atoms with Crippen LogP contribution < -0.4 is 5.32 Å². The molecule has 1 N–H and O–H groups in total. The van der Waals surface area contributed by atoms with E-state index in [0.29, 0.717) is 25.6 Å². The maximum absolute atomic E-state index is 13.9. The molecule has 2 saturated heterocycles. The van der Waals surface area contributed by atoms with Gasteiger partial charge in [-0.2, -0.15) is 0 Å². The zero-order valence-electron chi connectivity index (χ0n) is 15.1. The molecule has 1 aromatic heterocycles. The average molecular weight is 370 g/mol. The Hall–Kier alpha value is -2.54. The van der Waals surface area contributed by atoms with Crippen molar-refractivity contribution < 1.29 is 13.9 Å². The smallest absolute Gasteiger partial charge is 0.256 e. The van der Waals surface area contributed by atoms with Gasteiger partial charge < -0.3 is 15.0 Å². The normalized spacial score (nSPS) is 21.8. The molecule has 27 heavy (non-hydrogen) atoms. The van der Waals surface area contributed by atoms with E-state index < -0.39 is 5.82 Å². The lowest BCUT2D eigenvalue weighted by molar-refractivity contribution is -0.110. The van der Waals surface area contributed by atoms with E-state index in [1.807, 2.05) is 0 Å². The van der Waals surface area contributed by atoms with Crippen molar-refractivity contribution in [2.45, 2.75) is 37.3 Å². The Bertz CT molecular complexity index is 794. The lowest BCUT2D eigenvalue weighted by Gasteiger charge is -2.46. The minimum atomic E-state index is -0.469. The Balaban J connectivity index is 1.37. The largest absolute Gasteiger partial charge is 0.375 e. The van der Waals surface area contributed by atoms with Crippen LogP contribution in [0.1, 0.15) is 36.0 Å². The SMILES string of the molecule is O=C(c1ccccc1F)N1CCC2(CC1)CC(Nc1ncccn1)CCO2. The molecule has 2 aliphatic heterocycles. The number of nitrogens with zero attached hydrogens (tertiary/aromatic N) is 3. The van der Waals surface area contributed by atoms with Crippen LogP contribution in [-0.4, -0.2) is 52.1 Å². The van der Waals surface area contributed by atoms with E-state index in [4.69, 9.17) is 4.74 Å². The van der Waals surface area contributed by atoms with Gasteiger partial charge in [0.05, 0.1) is 11.2 Å². The molecule has 2 aliphatic rings. The molecule has 0 radical (unpaired) electrons. The molecule has 142 valence electrons. The molecule has 1 spiro atoms. The summed E-state index contributed by atoms with van der Waals surface area (Å²) in [5, 5.41) is 3.39. The van der Waals surface area contributed by atoms with Crippen molar-refractivity contribution in [1.82, 2.24) is 14.9 Å². The number of hydrogen-bond acceptors (Lipinski definition) is 5. The minimum Gasteiger partial charge on any atom is -0.375 e. The fourth-order valence-corrected chi connectivity index (χ4v) is 3.98. The van der Waals surface area contributed by atoms with Crippen molar-refractivity contribution in [3.05, 3.63) is 54.1 Å². The number of hydrogen-bond donors (Lipinski definition) is 1. The van der Waals surface area contributed by atoms with E-state index in [1.54, 1.807) is 41.6 Å². The van der Waals surface area contributed by atoms with Crippen LogP contribution in [0, 0.1) is 5.82 Å². The van der Waals surface area contributed by atoms with Gasteiger partial charge in [0.2, 0.25) is 5.95 Å². The highest BCUT2D eigenvalue weighted by Crippen LogP contribution is 2.36. The van der Waals surface area contributed by atoms with E-state index in [2.05, 4.69) is 15.3 Å². The first-order valence-electron chi connectivity index (χ1n) is 9.37. The third kappa shape index (κ3) is 3.93. The van der Waals surface area contributed by atoms with Gasteiger partial charge in [-0.05, 0) is 43.9 Å². The Labute approximate surface area is 157 Å². The molecule has 7 heteroatoms. The van der Waals surface area contributed by atoms with Crippen molar-refractivity contribution in [2.75, 3.05) is 25.0 Å². The summed E-state index contributed by atoms with van der Waals surface area (Å²) in [7, 11) is 0. The molecule has 0 aliphatic carbocycles. The number of aromatic nitrogens is 2. The van der Waals surface area contributed by atoms with Crippen LogP contribution in [0.2, 0.25) is 0 Å². The van der Waals surface area contributed by atoms with Gasteiger partial charge in [0, 0.05) is 38.1 Å². The number of amides is 1. The number of halogens is 1. The number of piperidine rings is 1. The summed E-state index contributed by atoms with van der Waals surface area (Å²) in [6.45, 7) is 1.81. The van der Waals surface area contributed by atoms with Crippen LogP contribution in [0.15, 0.2) is 42.7 Å². The van der Waals surface area contributed by atoms with Gasteiger partial charge in [0.15, 0.2) is 0 Å². The van der Waals surface area contributed by atoms with Crippen molar-refractivity contribution in [3.8, 4) is 0 Å². The van der Waals surface area contributed by atoms with Gasteiger partial charge in [-0.15, -0.1) is 0 Å². The number of nitrogens with one attached hydrogen (secondary N) is 1. The van der Waals surface area contributed by atoms with Crippen LogP contribution in [0.4, 0.5) is 10.3 Å². The van der Waals surface area contributed by atoms with Crippen molar-refractivity contribution in [2.24, 2.45) is 0 Å². The second-order valence-electron chi connectivity index (χ2n) is 7.21. The number of carbonyl (C=O) groups excluding carboxylic acids is 1. The maximum atomic E-state index is 13.9. The summed E-state index contributed by atoms with van der Waals surface area (Å²) in [4.78, 5) is 22.8. The molecular weight excluding hydrogens is 347 g/mol. The first-order chi connectivity index (χ1) is 13.2. The van der Waals surface area contributed by atoms with Crippen LogP contribution in [-0.2, 0) is 4.74 Å². The highest BCUT2D eigenvalue weighted by Gasteiger charge is 2.41. The molecule has 2 aromatic rings. The molecule has 4 rings (SSSR count). The second kappa shape index (κ2) is 7.60. The standard InChI is InChI=1S/C20H23FN4O2/c21-17-5-2-1-4-16(17)18(26)25-11-7-20(8-12-25)14-15(6-13-27-20)24-19-22-9-3-10-23-19/h1-5,9-10,15H,6-8,11-14H2,(H,22,23,24). The summed E-state index contributed by atoms with van der Waals surface area (Å²) in [5.41, 5.74) is -0.102. The number of benzene rings is 1. The van der Waals surface area contributed by atoms with E-state index in [9.17, 15) is 9.18 Å². The van der Waals surface area contributed by atoms with E-state index in [-0.39, 0.29) is 23.1 Å². The summed E-state index contributed by atoms with van der Waals surface area (Å²) in [6.07, 6.45) is 6.70. The predicted molar refractivity (Wildman–Crippen MR) is 98.9 cm³/mol. The second-order valence-corrected chi connectivity index (χ2v) is 7.21. The molecule has 1 unspecified atom stereocenters. The molecular formula is C20H23FN4O2. The van der Waals surface area contributed by atoms with E-state index >= 15 is 0 Å². The first-order valence-corrected chi connectivity index (χ1v) is 9.37. The Morgan fingerprint density at radius 1 is 1.19 bits per heavy atom. The number of carbonyl (C=O) groups is 1. The maximum Gasteiger partial charge on any atom is 0.256 e. The molecule has 1 amide bonds. The third-order valence-electron chi connectivity index (χ3n) is 5.46. The fourth-order valence-electron chi connectivity index (χ4n) is 3.98. The minimum absolute atomic E-state index is 0.138. The molecule has 0 saturated carbocycles. The molecule has 1 aromatic carbocycles. The van der Waals surface area contributed by atoms with Gasteiger partial charge in [0.1, 0.15) is 5.82 Å². The average Bonchev–Trinajstić information content (AvgIpc) is 2.69. The zero-order chi connectivity index (χ0) is 18.7. The van der Waals surface area contributed by atoms with Crippen molar-refractivity contribution in [3.63, 3.8) is 0 Å². The van der Waals surface area contributed by atoms with Crippen LogP contribution in [0.25, 0.3) is 0 Å². The van der Waals surface area contributed by atoms with Crippen LogP contribution >= 0.6 is 0 Å². The quantitative estimate of drug-likeness (QED) is 0.900. The summed E-state index contributed by atoms with van der Waals surface area (Å²) < 4.78 is 20.0. The van der Waals surface area contributed by atoms with Gasteiger partial charge in [-0.1, -0.05) is 12.1 Å². The highest BCUT2D eigenvalue weighted by molar-refractivity contribution is 5.94. The van der Waals surface area contributed by atoms with E-state index in [0.717, 1.165) is 25.7 Å². The molecule has 0 bridgehead atoms. The van der Waals surface area contributed by atoms with E-state index in [1.165, 1.54) is 6.07 Å². The van der Waals surface area contributed by atoms with Gasteiger partial charge in [-0.3, -0.25) is 4.79 Å². The highest BCUT2D eigenvalue weighted by atomic mass is 19.1. The fraction of sp³-hybridized carbons (Fsp3) is 0.450. The number of likely N-dealkylation sites (tertiary alicyclic amines) is 1. The Morgan fingerprint density at radius 2 is 1.93 bits per heavy atom. The predicted octanol–water partition coefficient (Wildman–Crippen LogP) is 2.88. The lowest BCUT2D eigenvalue weighted by Crippen LogP contribution is -2.52. The lowest BCUT2D eigenvalue weighted by atomic mass is 9.82. The molecule has 1 atom stereocenters. The molecule has 6 nitrogen and oxygen atoms in total. The van der Waals surface area contributed by atoms with Crippen LogP contribution in [0.5, 0.6) is 0 Å². The Kier molecular flexibility index (Phi) is 5.03. The topological polar surface area (TPSA) is 67.4 Å². The number of ether oxygens (including phenoxy) is 1. The summed E-state index contributed by atoms with van der Waals surface area (Å²) in [6, 6.07) is 8.18. The summed E-state index contributed by atoms with van der Waals surface area (Å²) in [5.74, 6) is -0.0818. The zero-order valence-corrected chi connectivity index (χ0v) is 15.1. The number of rotatable bonds is 3. The monoisotopic (exact) mass is 370 g/mol. The third-order valence-corrected chi connectivity index (χ3v) is 5.46. The van der Waals surface area contributed by atoms with Gasteiger partial charge >= 0.3 is 0 Å². The molecule has 2 fully saturated rings. The first kappa shape index (κ1) is 17.9. The van der Waals surface area contributed by atoms with Gasteiger partial charge in [-0.25, -0.2) is 14.4 Å².